The fraction of sp³-hybridized carbons (Fsp3) is 0.988. The monoisotopic (exact) mass is 1690 g/mol. The van der Waals surface area contributed by atoms with Crippen LogP contribution in [-0.2, 0) is 65.2 Å². The van der Waals surface area contributed by atoms with Gasteiger partial charge in [0.1, 0.15) is 135 Å². The SMILES string of the molecule is C.CCCCCCCCCCCCCCCCO[C@H](CC)COP(=O)(O)O[C@@H]1C(O[C@H]2OC(CO)[C@@H](O)[C@H](O)C2O)C(O)[C@@H](O)[C@H](O)C1O.CCCCCCCCCCCCCCCCO[C@H](COC(=O)CCCCCCCCCCCCCCC)COP(=O)(O)O[C@@H]1C(O[C@@H]2OC(CO)[C@H](O)[C@H](O)C2O)C(O)[C@@H](O)[C@H](O)C1O. The Balaban J connectivity index is 0.000000801. The van der Waals surface area contributed by atoms with E-state index in [-0.39, 0.29) is 33.7 Å². The molecule has 0 aromatic heterocycles. The molecule has 32 nitrogen and oxygen atoms in total. The smallest absolute Gasteiger partial charge is 0.463 e. The number of carbonyl (C=O) groups excluding carboxylic acids is 1. The van der Waals surface area contributed by atoms with Crippen molar-refractivity contribution in [1.29, 1.82) is 0 Å². The van der Waals surface area contributed by atoms with Crippen LogP contribution >= 0.6 is 15.6 Å². The average Bonchev–Trinajstić information content (AvgIpc) is 0.775. The summed E-state index contributed by atoms with van der Waals surface area (Å²) < 4.78 is 85.9. The number of aliphatic hydroxyl groups is 16. The Hall–Kier alpha value is -1.19. The van der Waals surface area contributed by atoms with E-state index in [0.29, 0.717) is 25.9 Å². The topological polar surface area (TPSA) is 517 Å². The molecule has 4 rings (SSSR count). The van der Waals surface area contributed by atoms with Crippen LogP contribution in [0.25, 0.3) is 0 Å². The van der Waals surface area contributed by atoms with Gasteiger partial charge < -0.3 is 125 Å². The predicted octanol–water partition coefficient (Wildman–Crippen LogP) is 8.07. The Kier molecular flexibility index (Phi) is 60.8. The molecule has 0 spiro atoms. The van der Waals surface area contributed by atoms with E-state index in [1.807, 2.05) is 6.92 Å². The van der Waals surface area contributed by atoms with E-state index in [4.69, 9.17) is 51.3 Å². The number of hydrogen-bond acceptors (Lipinski definition) is 30. The summed E-state index contributed by atoms with van der Waals surface area (Å²) in [4.78, 5) is 34.0. The molecule has 34 heteroatoms. The number of hydrogen-bond donors (Lipinski definition) is 18. The summed E-state index contributed by atoms with van der Waals surface area (Å²) in [5, 5.41) is 164. The van der Waals surface area contributed by atoms with E-state index < -0.39 is 188 Å². The highest BCUT2D eigenvalue weighted by molar-refractivity contribution is 7.47. The van der Waals surface area contributed by atoms with Crippen molar-refractivity contribution in [2.24, 2.45) is 0 Å². The van der Waals surface area contributed by atoms with Gasteiger partial charge in [-0.1, -0.05) is 279 Å². The maximum absolute atomic E-state index is 13.4. The summed E-state index contributed by atoms with van der Waals surface area (Å²) in [5.74, 6) is -0.443. The Morgan fingerprint density at radius 1 is 0.325 bits per heavy atom. The lowest BCUT2D eigenvalue weighted by Gasteiger charge is -2.47. The predicted molar refractivity (Wildman–Crippen MR) is 425 cm³/mol. The maximum Gasteiger partial charge on any atom is 0.472 e. The standard InChI is InChI=1S/C47H91O17P.C32H63O15P.CH4/c1-3-5-7-9-11-13-15-17-19-21-23-25-27-29-31-59-35(33-60-37(49)30-28-26-24-22-20-18-16-14-12-10-8-6-4-2)34-61-65(57,58)64-46-43(55)41(53)40(52)42(54)45(46)63-47-44(56)39(51)38(50)36(32-48)62-47;1-3-5-6-7-8-9-10-11-12-13-14-15-16-17-18-43-21(4-2)20-44-48(41,42)47-31-28(39)26(37)25(36)27(38)30(31)46-32-29(40)24(35)23(34)22(19-33)45-32;/h35-36,38-48,50-56H,3-34H2,1-2H3,(H,57,58);21-40H,3-20H2,1-2H3,(H,41,42);1H4/t35-,36?,38+,39+,40+,41+,42?,43?,44?,45?,46+,47+;21-,22?,23-,24+,25+,26+,27?,28?,29?,30?,31+,32-;/m11./s1. The van der Waals surface area contributed by atoms with E-state index in [0.717, 1.165) is 57.8 Å². The van der Waals surface area contributed by atoms with Gasteiger partial charge in [-0.2, -0.15) is 0 Å². The number of phosphoric ester groups is 2. The molecule has 2 saturated heterocycles. The molecule has 2 aliphatic carbocycles. The van der Waals surface area contributed by atoms with Gasteiger partial charge in [-0.25, -0.2) is 9.13 Å². The second kappa shape index (κ2) is 63.7. The summed E-state index contributed by atoms with van der Waals surface area (Å²) in [6.07, 6.45) is 5.75. The Bertz CT molecular complexity index is 2420. The van der Waals surface area contributed by atoms with Crippen LogP contribution in [0.2, 0.25) is 0 Å². The molecule has 2 heterocycles. The highest BCUT2D eigenvalue weighted by atomic mass is 31.2. The minimum atomic E-state index is -5.23. The first-order valence-corrected chi connectivity index (χ1v) is 46.2. The molecule has 2 aliphatic heterocycles. The third-order valence-corrected chi connectivity index (χ3v) is 23.8. The first-order chi connectivity index (χ1) is 54.1. The van der Waals surface area contributed by atoms with Gasteiger partial charge in [-0.15, -0.1) is 0 Å². The maximum atomic E-state index is 13.4. The number of unbranched alkanes of at least 4 members (excludes halogenated alkanes) is 38. The van der Waals surface area contributed by atoms with E-state index in [1.54, 1.807) is 0 Å². The first kappa shape index (κ1) is 109. The summed E-state index contributed by atoms with van der Waals surface area (Å²) in [6, 6.07) is 0. The summed E-state index contributed by atoms with van der Waals surface area (Å²) in [5.41, 5.74) is 0. The molecule has 114 heavy (non-hydrogen) atoms. The van der Waals surface area contributed by atoms with Crippen LogP contribution in [0.5, 0.6) is 0 Å². The molecule has 0 amide bonds. The second-order valence-electron chi connectivity index (χ2n) is 31.5. The normalized spacial score (nSPS) is 30.9. The van der Waals surface area contributed by atoms with Gasteiger partial charge in [0.05, 0.1) is 32.5 Å². The minimum Gasteiger partial charge on any atom is -0.463 e. The van der Waals surface area contributed by atoms with Crippen molar-refractivity contribution < 1.29 is 157 Å². The Morgan fingerprint density at radius 3 is 0.868 bits per heavy atom. The number of phosphoric acid groups is 2. The van der Waals surface area contributed by atoms with Crippen molar-refractivity contribution in [1.82, 2.24) is 0 Å². The van der Waals surface area contributed by atoms with Gasteiger partial charge in [-0.05, 0) is 25.7 Å². The minimum absolute atomic E-state index is 0. The first-order valence-electron chi connectivity index (χ1n) is 43.2. The van der Waals surface area contributed by atoms with Crippen LogP contribution < -0.4 is 0 Å². The largest absolute Gasteiger partial charge is 0.472 e. The zero-order chi connectivity index (χ0) is 83.6. The van der Waals surface area contributed by atoms with Crippen molar-refractivity contribution in [3.63, 3.8) is 0 Å². The molecule has 0 aromatic rings. The van der Waals surface area contributed by atoms with Crippen LogP contribution in [0.1, 0.15) is 311 Å². The van der Waals surface area contributed by atoms with Gasteiger partial charge in [0.25, 0.3) is 0 Å². The molecule has 0 aromatic carbocycles. The molecule has 4 fully saturated rings. The van der Waals surface area contributed by atoms with Gasteiger partial charge >= 0.3 is 21.6 Å². The van der Waals surface area contributed by atoms with E-state index in [1.165, 1.54) is 193 Å². The summed E-state index contributed by atoms with van der Waals surface area (Å²) in [6.45, 7) is 6.34. The van der Waals surface area contributed by atoms with E-state index in [2.05, 4.69) is 20.8 Å². The van der Waals surface area contributed by atoms with Gasteiger partial charge in [0.2, 0.25) is 0 Å². The van der Waals surface area contributed by atoms with Crippen molar-refractivity contribution in [3.8, 4) is 0 Å². The number of ether oxygens (including phenoxy) is 7. The van der Waals surface area contributed by atoms with Crippen molar-refractivity contribution in [2.75, 3.05) is 46.2 Å². The Labute approximate surface area is 679 Å². The van der Waals surface area contributed by atoms with Gasteiger partial charge in [0.15, 0.2) is 12.6 Å². The molecule has 680 valence electrons. The fourth-order valence-corrected chi connectivity index (χ4v) is 16.3. The van der Waals surface area contributed by atoms with Crippen LogP contribution in [0.15, 0.2) is 0 Å². The number of aliphatic hydroxyl groups excluding tert-OH is 16. The molecular weight excluding hydrogens is 1530 g/mol. The van der Waals surface area contributed by atoms with Gasteiger partial charge in [-0.3, -0.25) is 22.9 Å². The molecule has 0 radical (unpaired) electrons. The number of carbonyl (C=O) groups is 1. The van der Waals surface area contributed by atoms with Crippen molar-refractivity contribution in [2.45, 2.75) is 458 Å². The lowest BCUT2D eigenvalue weighted by Crippen LogP contribution is -2.67. The molecule has 26 atom stereocenters. The zero-order valence-electron chi connectivity index (χ0n) is 68.4. The van der Waals surface area contributed by atoms with E-state index >= 15 is 0 Å². The lowest BCUT2D eigenvalue weighted by molar-refractivity contribution is -0.338. The third kappa shape index (κ3) is 42.7. The summed E-state index contributed by atoms with van der Waals surface area (Å²) >= 11 is 0. The van der Waals surface area contributed by atoms with Crippen molar-refractivity contribution in [3.05, 3.63) is 0 Å². The average molecular weight is 1690 g/mol. The van der Waals surface area contributed by atoms with Gasteiger partial charge in [0, 0.05) is 19.6 Å². The molecule has 2 saturated carbocycles. The highest BCUT2D eigenvalue weighted by Gasteiger charge is 2.57. The third-order valence-electron chi connectivity index (χ3n) is 21.8. The fourth-order valence-electron chi connectivity index (χ4n) is 14.4. The van der Waals surface area contributed by atoms with Crippen LogP contribution in [-0.4, -0.2) is 291 Å². The molecule has 12 unspecified atom stereocenters. The van der Waals surface area contributed by atoms with Crippen LogP contribution in [0.3, 0.4) is 0 Å². The second-order valence-corrected chi connectivity index (χ2v) is 34.3. The van der Waals surface area contributed by atoms with Crippen molar-refractivity contribution >= 4 is 21.6 Å². The molecule has 0 bridgehead atoms. The quantitative estimate of drug-likeness (QED) is 0.0155. The highest BCUT2D eigenvalue weighted by Crippen LogP contribution is 2.50. The molecular formula is C80H158O32P2. The lowest BCUT2D eigenvalue weighted by atomic mass is 9.84. The van der Waals surface area contributed by atoms with E-state index in [9.17, 15) is 105 Å². The molecule has 18 N–H and O–H groups in total. The number of esters is 1. The number of rotatable bonds is 65. The zero-order valence-corrected chi connectivity index (χ0v) is 70.2. The van der Waals surface area contributed by atoms with Crippen LogP contribution in [0, 0.1) is 0 Å². The summed E-state index contributed by atoms with van der Waals surface area (Å²) in [7, 11) is -10.2. The Morgan fingerprint density at radius 2 is 0.579 bits per heavy atom. The molecule has 4 aliphatic rings. The van der Waals surface area contributed by atoms with Crippen LogP contribution in [0.4, 0.5) is 0 Å².